The van der Waals surface area contributed by atoms with Gasteiger partial charge in [0.05, 0.1) is 11.2 Å². The summed E-state index contributed by atoms with van der Waals surface area (Å²) in [6.07, 6.45) is 6.10. The molecule has 1 aromatic carbocycles. The van der Waals surface area contributed by atoms with Gasteiger partial charge in [-0.15, -0.1) is 0 Å². The molecule has 1 saturated carbocycles. The van der Waals surface area contributed by atoms with Crippen LogP contribution in [-0.4, -0.2) is 93.1 Å². The lowest BCUT2D eigenvalue weighted by Gasteiger charge is -2.37. The molecule has 11 nitrogen and oxygen atoms in total. The van der Waals surface area contributed by atoms with E-state index in [1.54, 1.807) is 35.9 Å². The lowest BCUT2D eigenvalue weighted by molar-refractivity contribution is -0.137. The van der Waals surface area contributed by atoms with Crippen LogP contribution in [0.15, 0.2) is 41.3 Å². The first-order chi connectivity index (χ1) is 19.5. The average Bonchev–Trinajstić information content (AvgIpc) is 3.53. The second kappa shape index (κ2) is 11.9. The molecular weight excluding hydrogens is 520 g/mol. The van der Waals surface area contributed by atoms with Crippen LogP contribution in [0.25, 0.3) is 5.69 Å². The predicted octanol–water partition coefficient (Wildman–Crippen LogP) is 1.64. The Bertz CT molecular complexity index is 1300. The minimum Gasteiger partial charge on any atom is -0.338 e. The molecule has 0 bridgehead atoms. The fourth-order valence-corrected chi connectivity index (χ4v) is 6.61. The molecule has 41 heavy (non-hydrogen) atoms. The van der Waals surface area contributed by atoms with Crippen LogP contribution in [0.1, 0.15) is 45.6 Å². The van der Waals surface area contributed by atoms with Gasteiger partial charge in [0.1, 0.15) is 5.82 Å². The Morgan fingerprint density at radius 3 is 2.34 bits per heavy atom. The van der Waals surface area contributed by atoms with Gasteiger partial charge in [-0.25, -0.2) is 9.59 Å². The van der Waals surface area contributed by atoms with Crippen LogP contribution in [0.2, 0.25) is 0 Å². The zero-order valence-corrected chi connectivity index (χ0v) is 24.5. The van der Waals surface area contributed by atoms with Crippen molar-refractivity contribution in [2.75, 3.05) is 44.6 Å². The van der Waals surface area contributed by atoms with E-state index >= 15 is 0 Å². The van der Waals surface area contributed by atoms with Crippen LogP contribution in [0.4, 0.5) is 10.6 Å². The van der Waals surface area contributed by atoms with Crippen LogP contribution in [0.3, 0.4) is 0 Å². The summed E-state index contributed by atoms with van der Waals surface area (Å²) in [7, 11) is 0. The Kier molecular flexibility index (Phi) is 8.49. The lowest BCUT2D eigenvalue weighted by atomic mass is 9.98. The lowest BCUT2D eigenvalue weighted by Crippen LogP contribution is -2.58. The molecule has 4 unspecified atom stereocenters. The number of aromatic nitrogens is 2. The van der Waals surface area contributed by atoms with Gasteiger partial charge in [-0.1, -0.05) is 19.1 Å². The van der Waals surface area contributed by atoms with E-state index in [9.17, 15) is 14.4 Å². The Morgan fingerprint density at radius 1 is 1.05 bits per heavy atom. The van der Waals surface area contributed by atoms with E-state index in [0.29, 0.717) is 44.2 Å². The Morgan fingerprint density at radius 2 is 1.73 bits per heavy atom. The molecule has 11 heteroatoms. The van der Waals surface area contributed by atoms with Crippen LogP contribution in [0.5, 0.6) is 0 Å². The van der Waals surface area contributed by atoms with Crippen molar-refractivity contribution >= 4 is 17.8 Å². The second-order valence-corrected chi connectivity index (χ2v) is 12.4. The molecule has 1 aliphatic carbocycles. The number of piperazine rings is 1. The maximum absolute atomic E-state index is 12.8. The van der Waals surface area contributed by atoms with E-state index in [0.717, 1.165) is 44.0 Å². The average molecular weight is 565 g/mol. The van der Waals surface area contributed by atoms with Crippen molar-refractivity contribution in [3.63, 3.8) is 0 Å². The Balaban J connectivity index is 1.16. The van der Waals surface area contributed by atoms with Gasteiger partial charge in [0.2, 0.25) is 5.91 Å². The van der Waals surface area contributed by atoms with Crippen LogP contribution in [-0.2, 0) is 11.2 Å². The summed E-state index contributed by atoms with van der Waals surface area (Å²) in [5.74, 6) is 1.44. The third-order valence-corrected chi connectivity index (χ3v) is 9.06. The molecule has 2 aromatic rings. The number of anilines is 1. The molecule has 3 aliphatic rings. The number of likely N-dealkylation sites (tertiary alicyclic amines) is 1. The van der Waals surface area contributed by atoms with Gasteiger partial charge in [0.25, 0.3) is 0 Å². The topological polar surface area (TPSA) is 143 Å². The largest absolute Gasteiger partial charge is 0.354 e. The smallest absolute Gasteiger partial charge is 0.338 e. The predicted molar refractivity (Wildman–Crippen MR) is 159 cm³/mol. The highest BCUT2D eigenvalue weighted by Crippen LogP contribution is 2.38. The van der Waals surface area contributed by atoms with Crippen molar-refractivity contribution in [2.24, 2.45) is 23.3 Å². The summed E-state index contributed by atoms with van der Waals surface area (Å²) in [5, 5.41) is 2.71. The first-order valence-electron chi connectivity index (χ1n) is 14.9. The molecular formula is C30H44N8O3. The molecule has 4 atom stereocenters. The molecule has 0 radical (unpaired) electrons. The molecule has 5 N–H and O–H groups in total. The zero-order chi connectivity index (χ0) is 29.3. The van der Waals surface area contributed by atoms with Gasteiger partial charge < -0.3 is 21.3 Å². The van der Waals surface area contributed by atoms with Crippen LogP contribution in [0, 0.1) is 11.8 Å². The van der Waals surface area contributed by atoms with E-state index in [1.807, 2.05) is 12.1 Å². The first-order valence-corrected chi connectivity index (χ1v) is 14.9. The van der Waals surface area contributed by atoms with Crippen molar-refractivity contribution in [3.05, 3.63) is 52.6 Å². The number of benzene rings is 1. The molecule has 3 amide bonds. The fraction of sp³-hybridized carbons (Fsp3) is 0.600. The summed E-state index contributed by atoms with van der Waals surface area (Å²) >= 11 is 0. The highest BCUT2D eigenvalue weighted by molar-refractivity contribution is 5.89. The maximum Gasteiger partial charge on any atom is 0.354 e. The van der Waals surface area contributed by atoms with E-state index in [1.165, 1.54) is 16.6 Å². The molecule has 222 valence electrons. The van der Waals surface area contributed by atoms with Gasteiger partial charge in [0.15, 0.2) is 0 Å². The van der Waals surface area contributed by atoms with Crippen molar-refractivity contribution in [1.82, 2.24) is 24.3 Å². The third-order valence-electron chi connectivity index (χ3n) is 9.06. The first kappa shape index (κ1) is 29.2. The number of amides is 3. The van der Waals surface area contributed by atoms with Crippen molar-refractivity contribution in [1.29, 1.82) is 0 Å². The summed E-state index contributed by atoms with van der Waals surface area (Å²) in [6, 6.07) is 10.2. The molecule has 3 heterocycles. The van der Waals surface area contributed by atoms with Gasteiger partial charge in [0, 0.05) is 57.5 Å². The highest BCUT2D eigenvalue weighted by Gasteiger charge is 2.42. The number of urea groups is 1. The molecule has 2 saturated heterocycles. The number of nitrogens with two attached hydrogens (primary N) is 2. The molecule has 5 rings (SSSR count). The zero-order valence-electron chi connectivity index (χ0n) is 24.5. The van der Waals surface area contributed by atoms with Crippen molar-refractivity contribution in [3.8, 4) is 5.69 Å². The number of rotatable bonds is 7. The summed E-state index contributed by atoms with van der Waals surface area (Å²) < 4.78 is 1.47. The summed E-state index contributed by atoms with van der Waals surface area (Å²) in [4.78, 5) is 47.9. The third kappa shape index (κ3) is 6.47. The monoisotopic (exact) mass is 564 g/mol. The van der Waals surface area contributed by atoms with Crippen molar-refractivity contribution in [2.45, 2.75) is 64.1 Å². The normalized spacial score (nSPS) is 23.9. The minimum atomic E-state index is -0.946. The molecule has 3 fully saturated rings. The van der Waals surface area contributed by atoms with E-state index in [-0.39, 0.29) is 17.8 Å². The summed E-state index contributed by atoms with van der Waals surface area (Å²) in [5.41, 5.74) is 12.8. The molecule has 1 aromatic heterocycles. The summed E-state index contributed by atoms with van der Waals surface area (Å²) in [6.45, 7) is 9.43. The van der Waals surface area contributed by atoms with Crippen molar-refractivity contribution < 1.29 is 9.59 Å². The fourth-order valence-electron chi connectivity index (χ4n) is 6.61. The minimum absolute atomic E-state index is 0.139. The number of hydrogen-bond acceptors (Lipinski definition) is 7. The number of hydrogen-bond donors (Lipinski definition) is 3. The van der Waals surface area contributed by atoms with Gasteiger partial charge in [-0.3, -0.25) is 19.6 Å². The number of nitrogens with zero attached hydrogens (tertiary/aromatic N) is 5. The number of carbonyl (C=O) groups is 2. The quantitative estimate of drug-likeness (QED) is 0.464. The van der Waals surface area contributed by atoms with E-state index in [2.05, 4.69) is 34.3 Å². The standard InChI is InChI=1S/C30H44N8O3/c1-4-22(37-18-21-7-10-25(31)24(21)19-37)17-20-5-8-23(9-6-20)38-12-11-26(34-29(38)41)33-28(40)36-15-13-35(14-16-36)27(39)30(2,3)32/h5-6,8-9,11-12,21-22,24-25H,4,7,10,13-19,31-32H2,1-3H3,(H,33,34,40,41). The Hall–Kier alpha value is -3.28. The Labute approximate surface area is 241 Å². The SMILES string of the molecule is CCC(Cc1ccc(-n2ccc(NC(=O)N3CCN(C(=O)C(C)(C)N)CC3)nc2=O)cc1)N1CC2CCC(N)C2C1. The highest BCUT2D eigenvalue weighted by atomic mass is 16.2. The van der Waals surface area contributed by atoms with E-state index < -0.39 is 11.2 Å². The van der Waals surface area contributed by atoms with Crippen LogP contribution < -0.4 is 22.5 Å². The van der Waals surface area contributed by atoms with Gasteiger partial charge >= 0.3 is 11.7 Å². The number of fused-ring (bicyclic) bond motifs is 1. The molecule has 2 aliphatic heterocycles. The second-order valence-electron chi connectivity index (χ2n) is 12.4. The maximum atomic E-state index is 12.8. The van der Waals surface area contributed by atoms with Gasteiger partial charge in [-0.2, -0.15) is 4.98 Å². The van der Waals surface area contributed by atoms with Gasteiger partial charge in [-0.05, 0) is 75.1 Å². The number of carbonyl (C=O) groups excluding carboxylic acids is 2. The molecule has 0 spiro atoms. The van der Waals surface area contributed by atoms with Crippen LogP contribution >= 0.6 is 0 Å². The van der Waals surface area contributed by atoms with E-state index in [4.69, 9.17) is 11.5 Å². The number of nitrogens with one attached hydrogen (secondary N) is 1.